The summed E-state index contributed by atoms with van der Waals surface area (Å²) in [5.74, 6) is 0. The lowest BCUT2D eigenvalue weighted by Gasteiger charge is -2.10. The number of rotatable bonds is 3. The van der Waals surface area contributed by atoms with Crippen molar-refractivity contribution in [1.82, 2.24) is 9.55 Å². The molecule has 0 saturated heterocycles. The lowest BCUT2D eigenvalue weighted by Crippen LogP contribution is -1.94. The standard InChI is InChI=1S/C33H20N2S.C5H8.C4H8/c1-2-7-21(8-3-1)22-12-13-24-20-25(15-14-23(24)19-22)35-28-17-16-27-26-9-4-5-11-30(26)36-33(27)31(28)32-29(35)10-6-18-34-32;1-3-5-4-2;1-3-4-2/h1-20H;3-5H,1H2,2H3;3-4H,1-2H3/b;5-4-;4-3-. The van der Waals surface area contributed by atoms with Crippen LogP contribution in [0.15, 0.2) is 158 Å². The van der Waals surface area contributed by atoms with Crippen LogP contribution in [0.5, 0.6) is 0 Å². The summed E-state index contributed by atoms with van der Waals surface area (Å²) in [6.07, 6.45) is 11.5. The number of aromatic nitrogens is 2. The number of nitrogens with zero attached hydrogens (tertiary/aromatic N) is 2. The fourth-order valence-electron chi connectivity index (χ4n) is 5.69. The normalized spacial score (nSPS) is 11.4. The fraction of sp³-hybridized carbons (Fsp3) is 0.0714. The van der Waals surface area contributed by atoms with E-state index in [-0.39, 0.29) is 0 Å². The van der Waals surface area contributed by atoms with Crippen LogP contribution < -0.4 is 0 Å². The number of pyridine rings is 1. The molecular formula is C42H36N2S. The SMILES string of the molecule is C/C=C\C.C=C/C=C\C.c1ccc(-c2ccc3cc(-n4c5cccnc5c5c6sc7ccccc7c6ccc54)ccc3c2)cc1. The van der Waals surface area contributed by atoms with Crippen LogP contribution in [0.4, 0.5) is 0 Å². The van der Waals surface area contributed by atoms with Gasteiger partial charge >= 0.3 is 0 Å². The summed E-state index contributed by atoms with van der Waals surface area (Å²) in [5, 5.41) is 6.33. The van der Waals surface area contributed by atoms with Crippen LogP contribution in [0.3, 0.4) is 0 Å². The van der Waals surface area contributed by atoms with Gasteiger partial charge in [-0.15, -0.1) is 11.3 Å². The monoisotopic (exact) mass is 600 g/mol. The van der Waals surface area contributed by atoms with E-state index in [4.69, 9.17) is 4.98 Å². The van der Waals surface area contributed by atoms with Crippen molar-refractivity contribution in [2.75, 3.05) is 0 Å². The largest absolute Gasteiger partial charge is 0.308 e. The molecule has 5 aromatic carbocycles. The molecule has 0 aliphatic heterocycles. The number of hydrogen-bond acceptors (Lipinski definition) is 2. The fourth-order valence-corrected chi connectivity index (χ4v) is 6.94. The second-order valence-electron chi connectivity index (χ2n) is 10.7. The highest BCUT2D eigenvalue weighted by atomic mass is 32.1. The second-order valence-corrected chi connectivity index (χ2v) is 11.7. The van der Waals surface area contributed by atoms with Crippen molar-refractivity contribution in [2.24, 2.45) is 0 Å². The Kier molecular flexibility index (Phi) is 9.00. The Morgan fingerprint density at radius 2 is 1.40 bits per heavy atom. The first-order valence-electron chi connectivity index (χ1n) is 15.3. The number of benzene rings is 5. The number of thiophene rings is 1. The average molecular weight is 601 g/mol. The summed E-state index contributed by atoms with van der Waals surface area (Å²) in [6.45, 7) is 9.42. The molecule has 0 atom stereocenters. The first-order valence-corrected chi connectivity index (χ1v) is 16.1. The van der Waals surface area contributed by atoms with Crippen molar-refractivity contribution in [3.05, 3.63) is 158 Å². The molecule has 0 radical (unpaired) electrons. The van der Waals surface area contributed by atoms with E-state index >= 15 is 0 Å². The Morgan fingerprint density at radius 3 is 2.16 bits per heavy atom. The molecule has 3 heterocycles. The van der Waals surface area contributed by atoms with E-state index in [2.05, 4.69) is 120 Å². The summed E-state index contributed by atoms with van der Waals surface area (Å²) < 4.78 is 4.99. The van der Waals surface area contributed by atoms with Crippen molar-refractivity contribution in [2.45, 2.75) is 20.8 Å². The van der Waals surface area contributed by atoms with Gasteiger partial charge in [-0.3, -0.25) is 4.98 Å². The highest BCUT2D eigenvalue weighted by Crippen LogP contribution is 2.42. The van der Waals surface area contributed by atoms with Crippen molar-refractivity contribution in [1.29, 1.82) is 0 Å². The summed E-state index contributed by atoms with van der Waals surface area (Å²) in [5.41, 5.74) is 7.03. The van der Waals surface area contributed by atoms with E-state index < -0.39 is 0 Å². The number of hydrogen-bond donors (Lipinski definition) is 0. The Bertz CT molecular complexity index is 2310. The van der Waals surface area contributed by atoms with Crippen LogP contribution in [0, 0.1) is 0 Å². The maximum absolute atomic E-state index is 4.87. The van der Waals surface area contributed by atoms with Crippen LogP contribution in [0.25, 0.3) is 69.7 Å². The lowest BCUT2D eigenvalue weighted by atomic mass is 10.0. The van der Waals surface area contributed by atoms with Gasteiger partial charge in [0, 0.05) is 37.4 Å². The molecule has 8 rings (SSSR count). The molecule has 0 saturated carbocycles. The quantitative estimate of drug-likeness (QED) is 0.146. The van der Waals surface area contributed by atoms with Crippen LogP contribution in [0.2, 0.25) is 0 Å². The Hall–Kier alpha value is -5.25. The van der Waals surface area contributed by atoms with Gasteiger partial charge < -0.3 is 4.57 Å². The van der Waals surface area contributed by atoms with E-state index in [1.807, 2.05) is 68.7 Å². The zero-order valence-electron chi connectivity index (χ0n) is 25.9. The molecule has 0 aliphatic carbocycles. The van der Waals surface area contributed by atoms with Gasteiger partial charge in [0.15, 0.2) is 0 Å². The first kappa shape index (κ1) is 29.8. The predicted octanol–water partition coefficient (Wildman–Crippen LogP) is 12.7. The van der Waals surface area contributed by atoms with Gasteiger partial charge in [0.1, 0.15) is 0 Å². The Morgan fingerprint density at radius 1 is 0.644 bits per heavy atom. The highest BCUT2D eigenvalue weighted by Gasteiger charge is 2.18. The minimum atomic E-state index is 1.06. The van der Waals surface area contributed by atoms with Crippen molar-refractivity contribution in [3.63, 3.8) is 0 Å². The van der Waals surface area contributed by atoms with Gasteiger partial charge in [0.25, 0.3) is 0 Å². The highest BCUT2D eigenvalue weighted by molar-refractivity contribution is 7.26. The van der Waals surface area contributed by atoms with Crippen molar-refractivity contribution < 1.29 is 0 Å². The second kappa shape index (κ2) is 13.6. The molecule has 3 aromatic heterocycles. The molecule has 8 aromatic rings. The maximum atomic E-state index is 4.87. The van der Waals surface area contributed by atoms with E-state index in [0.717, 1.165) is 16.7 Å². The number of allylic oxidation sites excluding steroid dienone is 5. The van der Waals surface area contributed by atoms with E-state index in [1.165, 1.54) is 53.0 Å². The minimum Gasteiger partial charge on any atom is -0.308 e. The lowest BCUT2D eigenvalue weighted by molar-refractivity contribution is 1.18. The Labute approximate surface area is 268 Å². The molecule has 3 heteroatoms. The molecule has 0 amide bonds. The van der Waals surface area contributed by atoms with E-state index in [1.54, 1.807) is 6.08 Å². The molecule has 220 valence electrons. The molecule has 0 N–H and O–H groups in total. The molecule has 2 nitrogen and oxygen atoms in total. The Balaban J connectivity index is 0.000000354. The van der Waals surface area contributed by atoms with E-state index in [9.17, 15) is 0 Å². The van der Waals surface area contributed by atoms with Crippen LogP contribution >= 0.6 is 11.3 Å². The van der Waals surface area contributed by atoms with Gasteiger partial charge in [-0.1, -0.05) is 110 Å². The third-order valence-corrected chi connectivity index (χ3v) is 9.09. The molecule has 0 aliphatic rings. The molecule has 0 bridgehead atoms. The van der Waals surface area contributed by atoms with Crippen molar-refractivity contribution >= 4 is 64.2 Å². The molecule has 0 fully saturated rings. The van der Waals surface area contributed by atoms with Crippen LogP contribution in [-0.4, -0.2) is 9.55 Å². The van der Waals surface area contributed by atoms with Gasteiger partial charge in [-0.25, -0.2) is 0 Å². The zero-order valence-corrected chi connectivity index (χ0v) is 26.8. The first-order chi connectivity index (χ1) is 22.2. The van der Waals surface area contributed by atoms with Gasteiger partial charge in [-0.05, 0) is 85.1 Å². The predicted molar refractivity (Wildman–Crippen MR) is 200 cm³/mol. The molecular weight excluding hydrogens is 565 g/mol. The zero-order chi connectivity index (χ0) is 31.2. The van der Waals surface area contributed by atoms with Crippen molar-refractivity contribution in [3.8, 4) is 16.8 Å². The molecule has 0 spiro atoms. The maximum Gasteiger partial charge on any atom is 0.0977 e. The molecule has 0 unspecified atom stereocenters. The minimum absolute atomic E-state index is 1.06. The number of fused-ring (bicyclic) bond motifs is 8. The van der Waals surface area contributed by atoms with E-state index in [0.29, 0.717) is 0 Å². The summed E-state index contributed by atoms with van der Waals surface area (Å²) in [7, 11) is 0. The smallest absolute Gasteiger partial charge is 0.0977 e. The summed E-state index contributed by atoms with van der Waals surface area (Å²) in [4.78, 5) is 4.87. The summed E-state index contributed by atoms with van der Waals surface area (Å²) in [6, 6.07) is 41.5. The third kappa shape index (κ3) is 5.83. The average Bonchev–Trinajstić information content (AvgIpc) is 3.65. The van der Waals surface area contributed by atoms with Gasteiger partial charge in [-0.2, -0.15) is 0 Å². The summed E-state index contributed by atoms with van der Waals surface area (Å²) >= 11 is 1.86. The molecule has 45 heavy (non-hydrogen) atoms. The third-order valence-electron chi connectivity index (χ3n) is 7.88. The van der Waals surface area contributed by atoms with Crippen LogP contribution in [0.1, 0.15) is 20.8 Å². The van der Waals surface area contributed by atoms with Crippen LogP contribution in [-0.2, 0) is 0 Å². The van der Waals surface area contributed by atoms with Gasteiger partial charge in [0.05, 0.1) is 16.6 Å². The van der Waals surface area contributed by atoms with Gasteiger partial charge in [0.2, 0.25) is 0 Å². The topological polar surface area (TPSA) is 17.8 Å².